The molecule has 0 saturated carbocycles. The van der Waals surface area contributed by atoms with Crippen LogP contribution in [0.3, 0.4) is 0 Å². The van der Waals surface area contributed by atoms with Gasteiger partial charge in [0.05, 0.1) is 0 Å². The molecule has 0 amide bonds. The molecule has 0 aliphatic carbocycles. The predicted molar refractivity (Wildman–Crippen MR) is 54.3 cm³/mol. The molecular formula is H15NNa2O12S3. The molecule has 0 aromatic carbocycles. The van der Waals surface area contributed by atoms with Gasteiger partial charge in [-0.15, -0.1) is 9.05 Å². The Morgan fingerprint density at radius 3 is 0.778 bits per heavy atom. The maximum Gasteiger partial charge on any atom is 1.00 e. The maximum absolute atomic E-state index is 8.89. The normalized spacial score (nSPS) is 6.44. The summed E-state index contributed by atoms with van der Waals surface area (Å²) in [7, 11) is -9.00. The molecule has 13 nitrogen and oxygen atoms in total. The molecule has 0 aliphatic heterocycles. The molecule has 0 unspecified atom stereocenters. The number of hydrogen-bond donors (Lipinski definition) is 3. The molecule has 18 heteroatoms. The Morgan fingerprint density at radius 1 is 0.778 bits per heavy atom. The molecule has 0 bridgehead atoms. The van der Waals surface area contributed by atoms with Crippen molar-refractivity contribution in [3.05, 3.63) is 0 Å². The Bertz CT molecular complexity index is 222. The van der Waals surface area contributed by atoms with E-state index < -0.39 is 19.5 Å². The number of rotatable bonds is 0. The van der Waals surface area contributed by atoms with Crippen molar-refractivity contribution >= 4 is 30.6 Å². The van der Waals surface area contributed by atoms with Crippen LogP contribution in [-0.2, 0) is 30.6 Å². The van der Waals surface area contributed by atoms with Crippen molar-refractivity contribution in [2.24, 2.45) is 0 Å². The van der Waals surface area contributed by atoms with Crippen molar-refractivity contribution in [2.75, 3.05) is 0 Å². The van der Waals surface area contributed by atoms with E-state index in [1.54, 1.807) is 0 Å². The first kappa shape index (κ1) is 72.5. The minimum absolute atomic E-state index is 0. The van der Waals surface area contributed by atoms with E-state index in [2.05, 4.69) is 11.2 Å². The van der Waals surface area contributed by atoms with Crippen LogP contribution < -0.4 is 65.3 Å². The molecule has 0 aromatic rings. The van der Waals surface area contributed by atoms with Crippen LogP contribution in [0.15, 0.2) is 0 Å². The van der Waals surface area contributed by atoms with E-state index in [0.717, 1.165) is 0 Å². The Morgan fingerprint density at radius 2 is 0.778 bits per heavy atom. The number of hydrogen-bond acceptors (Lipinski definition) is 7. The van der Waals surface area contributed by atoms with Crippen molar-refractivity contribution in [1.29, 1.82) is 0 Å². The fourth-order valence-corrected chi connectivity index (χ4v) is 0. The summed E-state index contributed by atoms with van der Waals surface area (Å²) in [5, 5.41) is 0. The van der Waals surface area contributed by atoms with Crippen LogP contribution in [0, 0.1) is 0 Å². The van der Waals surface area contributed by atoms with Gasteiger partial charge in [0.15, 0.2) is 0 Å². The monoisotopic (exact) mass is 363 g/mol. The van der Waals surface area contributed by atoms with Gasteiger partial charge in [0.1, 0.15) is 0 Å². The Labute approximate surface area is 152 Å². The molecule has 15 N–H and O–H groups in total. The molecule has 0 fully saturated rings. The molecular weight excluding hydrogens is 348 g/mol. The molecule has 0 radical (unpaired) electrons. The summed E-state index contributed by atoms with van der Waals surface area (Å²) in [6, 6.07) is 0. The Kier molecular flexibility index (Phi) is 126. The first-order chi connectivity index (χ1) is 4.00. The molecule has 0 rings (SSSR count). The summed E-state index contributed by atoms with van der Waals surface area (Å²) < 4.78 is 58.3. The largest absolute Gasteiger partial charge is 1.00 e. The third kappa shape index (κ3) is 1390. The van der Waals surface area contributed by atoms with E-state index in [0.29, 0.717) is 0 Å². The van der Waals surface area contributed by atoms with E-state index in [1.165, 1.54) is 0 Å². The fourth-order valence-electron chi connectivity index (χ4n) is 0. The topological polar surface area (TPSA) is 330 Å². The van der Waals surface area contributed by atoms with Crippen LogP contribution in [0.1, 0.15) is 0 Å². The van der Waals surface area contributed by atoms with Crippen LogP contribution in [0.25, 0.3) is 0 Å². The molecule has 112 valence electrons. The molecule has 18 heavy (non-hydrogen) atoms. The SMILES string of the molecule is N.O.O.O.O.O.O=S(=O)(O)O.O=S([O-])([O-])=S.[Na+].[Na+]. The van der Waals surface area contributed by atoms with Gasteiger partial charge in [-0.05, 0) is 11.2 Å². The minimum Gasteiger partial charge on any atom is -0.780 e. The first-order valence-electron chi connectivity index (χ1n) is 1.37. The van der Waals surface area contributed by atoms with Crippen LogP contribution in [0.5, 0.6) is 0 Å². The summed E-state index contributed by atoms with van der Waals surface area (Å²) in [5.41, 5.74) is 0. The van der Waals surface area contributed by atoms with Gasteiger partial charge >= 0.3 is 69.5 Å². The van der Waals surface area contributed by atoms with Gasteiger partial charge < -0.3 is 42.6 Å². The summed E-state index contributed by atoms with van der Waals surface area (Å²) >= 11 is 3.24. The van der Waals surface area contributed by atoms with Crippen LogP contribution >= 0.6 is 0 Å². The second-order valence-corrected chi connectivity index (χ2v) is 3.79. The summed E-state index contributed by atoms with van der Waals surface area (Å²) in [6.07, 6.45) is 0. The molecule has 0 spiro atoms. The van der Waals surface area contributed by atoms with Crippen molar-refractivity contribution in [1.82, 2.24) is 6.15 Å². The Hall–Kier alpha value is 1.92. The van der Waals surface area contributed by atoms with E-state index in [4.69, 9.17) is 30.8 Å². The van der Waals surface area contributed by atoms with Crippen LogP contribution in [0.4, 0.5) is 0 Å². The summed E-state index contributed by atoms with van der Waals surface area (Å²) in [5.74, 6) is 0. The van der Waals surface area contributed by atoms with Gasteiger partial charge in [0.2, 0.25) is 0 Å². The zero-order chi connectivity index (χ0) is 9.00. The third-order valence-electron chi connectivity index (χ3n) is 0. The standard InChI is InChI=1S/H3N.2Na.H2O4S.H2O3S2.5H2O/c;;;2*1-5(2,3)4;;;;;/h1H3;;;2*(H2,1,2,3,4);5*1H2/q;2*+1;;;;;;;/p-2. The van der Waals surface area contributed by atoms with E-state index in [-0.39, 0.29) is 92.6 Å². The van der Waals surface area contributed by atoms with Crippen molar-refractivity contribution < 1.29 is 117 Å². The van der Waals surface area contributed by atoms with Gasteiger partial charge in [-0.25, -0.2) is 0 Å². The average molecular weight is 363 g/mol. The molecule has 0 heterocycles. The summed E-state index contributed by atoms with van der Waals surface area (Å²) in [4.78, 5) is 0. The van der Waals surface area contributed by atoms with E-state index in [1.807, 2.05) is 0 Å². The third-order valence-corrected chi connectivity index (χ3v) is 0. The predicted octanol–water partition coefficient (Wildman–Crippen LogP) is -11.6. The second kappa shape index (κ2) is 31.4. The van der Waals surface area contributed by atoms with Crippen molar-refractivity contribution in [2.45, 2.75) is 0 Å². The van der Waals surface area contributed by atoms with E-state index >= 15 is 0 Å². The summed E-state index contributed by atoms with van der Waals surface area (Å²) in [6.45, 7) is 0. The smallest absolute Gasteiger partial charge is 0.780 e. The molecule has 0 atom stereocenters. The average Bonchev–Trinajstić information content (AvgIpc) is 1.12. The van der Waals surface area contributed by atoms with Gasteiger partial charge in [-0.2, -0.15) is 8.42 Å². The van der Waals surface area contributed by atoms with E-state index in [9.17, 15) is 0 Å². The molecule has 0 saturated heterocycles. The zero-order valence-corrected chi connectivity index (χ0v) is 15.8. The van der Waals surface area contributed by atoms with Crippen molar-refractivity contribution in [3.8, 4) is 0 Å². The van der Waals surface area contributed by atoms with Gasteiger partial charge in [-0.1, -0.05) is 0 Å². The fraction of sp³-hybridized carbons (Fsp3) is 0. The van der Waals surface area contributed by atoms with Crippen molar-refractivity contribution in [3.63, 3.8) is 0 Å². The molecule has 0 aromatic heterocycles. The van der Waals surface area contributed by atoms with Crippen LogP contribution in [-0.4, -0.2) is 58.2 Å². The quantitative estimate of drug-likeness (QED) is 0.271. The molecule has 0 aliphatic rings. The Balaban J connectivity index is -0.00000000615. The maximum atomic E-state index is 8.89. The van der Waals surface area contributed by atoms with Gasteiger partial charge in [0.25, 0.3) is 0 Å². The second-order valence-electron chi connectivity index (χ2n) is 0.856. The van der Waals surface area contributed by atoms with Crippen LogP contribution in [0.2, 0.25) is 0 Å². The zero-order valence-electron chi connectivity index (χ0n) is 9.37. The van der Waals surface area contributed by atoms with Gasteiger partial charge in [-0.3, -0.25) is 13.3 Å². The minimum atomic E-state index is -4.67. The first-order valence-corrected chi connectivity index (χ1v) is 5.10. The van der Waals surface area contributed by atoms with Gasteiger partial charge in [0, 0.05) is 0 Å².